The predicted molar refractivity (Wildman–Crippen MR) is 113 cm³/mol. The Kier molecular flexibility index (Phi) is 7.09. The highest BCUT2D eigenvalue weighted by atomic mass is 32.2. The Morgan fingerprint density at radius 3 is 2.46 bits per heavy atom. The number of nitrogens with one attached hydrogen (secondary N) is 1. The van der Waals surface area contributed by atoms with Gasteiger partial charge in [0.05, 0.1) is 11.3 Å². The summed E-state index contributed by atoms with van der Waals surface area (Å²) in [7, 11) is 0. The lowest BCUT2D eigenvalue weighted by Gasteiger charge is -2.18. The largest absolute Gasteiger partial charge is 0.489 e. The van der Waals surface area contributed by atoms with Gasteiger partial charge >= 0.3 is 0 Å². The molecule has 28 heavy (non-hydrogen) atoms. The molecule has 0 aliphatic carbocycles. The van der Waals surface area contributed by atoms with Gasteiger partial charge in [-0.2, -0.15) is 0 Å². The van der Waals surface area contributed by atoms with Crippen LogP contribution in [0.25, 0.3) is 0 Å². The summed E-state index contributed by atoms with van der Waals surface area (Å²) >= 11 is 1.56. The Labute approximate surface area is 170 Å². The van der Waals surface area contributed by atoms with E-state index < -0.39 is 0 Å². The molecule has 2 unspecified atom stereocenters. The zero-order chi connectivity index (χ0) is 19.8. The first-order valence-corrected chi connectivity index (χ1v) is 10.1. The van der Waals surface area contributed by atoms with Crippen molar-refractivity contribution >= 4 is 17.7 Å². The smallest absolute Gasteiger partial charge is 0.233 e. The van der Waals surface area contributed by atoms with Crippen molar-refractivity contribution in [1.29, 1.82) is 0 Å². The Hall–Kier alpha value is -2.79. The highest BCUT2D eigenvalue weighted by Gasteiger charge is 2.17. The van der Waals surface area contributed by atoms with Crippen LogP contribution in [0.15, 0.2) is 84.0 Å². The van der Waals surface area contributed by atoms with Crippen LogP contribution in [-0.2, 0) is 11.4 Å². The molecule has 3 aromatic rings. The van der Waals surface area contributed by atoms with Crippen molar-refractivity contribution < 1.29 is 9.53 Å². The molecule has 0 fully saturated rings. The number of thioether (sulfide) groups is 1. The van der Waals surface area contributed by atoms with Crippen molar-refractivity contribution in [1.82, 2.24) is 10.3 Å². The van der Waals surface area contributed by atoms with E-state index >= 15 is 0 Å². The number of nitrogens with zero attached hydrogens (tertiary/aromatic N) is 1. The number of ether oxygens (including phenoxy) is 1. The van der Waals surface area contributed by atoms with E-state index in [1.807, 2.05) is 80.6 Å². The molecule has 0 aliphatic rings. The average molecular weight is 393 g/mol. The summed E-state index contributed by atoms with van der Waals surface area (Å²) in [5, 5.41) is 2.92. The zero-order valence-electron chi connectivity index (χ0n) is 16.0. The molecule has 5 heteroatoms. The fourth-order valence-corrected chi connectivity index (χ4v) is 3.57. The summed E-state index contributed by atoms with van der Waals surface area (Å²) in [5.74, 6) is 0.817. The molecule has 144 valence electrons. The van der Waals surface area contributed by atoms with Crippen LogP contribution in [0.3, 0.4) is 0 Å². The van der Waals surface area contributed by atoms with Gasteiger partial charge in [0.1, 0.15) is 12.4 Å². The molecule has 1 heterocycles. The minimum absolute atomic E-state index is 0.0262. The lowest BCUT2D eigenvalue weighted by molar-refractivity contribution is -0.120. The summed E-state index contributed by atoms with van der Waals surface area (Å²) in [4.78, 5) is 17.7. The molecular formula is C23H24N2O2S. The number of amides is 1. The van der Waals surface area contributed by atoms with Crippen molar-refractivity contribution in [2.45, 2.75) is 36.6 Å². The number of carbonyl (C=O) groups is 1. The molecule has 0 bridgehead atoms. The van der Waals surface area contributed by atoms with E-state index in [9.17, 15) is 4.79 Å². The van der Waals surface area contributed by atoms with Gasteiger partial charge < -0.3 is 10.1 Å². The minimum Gasteiger partial charge on any atom is -0.489 e. The molecular weight excluding hydrogens is 368 g/mol. The molecule has 2 aromatic carbocycles. The van der Waals surface area contributed by atoms with Crippen molar-refractivity contribution in [2.24, 2.45) is 0 Å². The second-order valence-electron chi connectivity index (χ2n) is 6.52. The first-order valence-electron chi connectivity index (χ1n) is 9.25. The second kappa shape index (κ2) is 9.95. The number of carbonyl (C=O) groups excluding carboxylic acids is 1. The van der Waals surface area contributed by atoms with Gasteiger partial charge in [-0.3, -0.25) is 9.78 Å². The summed E-state index contributed by atoms with van der Waals surface area (Å²) < 4.78 is 5.78. The van der Waals surface area contributed by atoms with Gasteiger partial charge in [-0.15, -0.1) is 11.8 Å². The van der Waals surface area contributed by atoms with E-state index in [0.717, 1.165) is 21.8 Å². The van der Waals surface area contributed by atoms with Gasteiger partial charge in [0.15, 0.2) is 0 Å². The topological polar surface area (TPSA) is 51.2 Å². The maximum Gasteiger partial charge on any atom is 0.233 e. The third-order valence-electron chi connectivity index (χ3n) is 4.29. The molecule has 0 saturated carbocycles. The lowest BCUT2D eigenvalue weighted by atomic mass is 10.1. The monoisotopic (exact) mass is 392 g/mol. The molecule has 1 amide bonds. The van der Waals surface area contributed by atoms with E-state index in [2.05, 4.69) is 10.3 Å². The summed E-state index contributed by atoms with van der Waals surface area (Å²) in [5.41, 5.74) is 2.07. The highest BCUT2D eigenvalue weighted by molar-refractivity contribution is 8.00. The van der Waals surface area contributed by atoms with E-state index in [4.69, 9.17) is 4.74 Å². The van der Waals surface area contributed by atoms with E-state index in [-0.39, 0.29) is 17.2 Å². The molecule has 1 aromatic heterocycles. The highest BCUT2D eigenvalue weighted by Crippen LogP contribution is 2.24. The average Bonchev–Trinajstić information content (AvgIpc) is 2.74. The van der Waals surface area contributed by atoms with Crippen molar-refractivity contribution in [3.05, 3.63) is 90.3 Å². The maximum absolute atomic E-state index is 12.5. The normalized spacial score (nSPS) is 12.8. The molecule has 0 radical (unpaired) electrons. The standard InChI is InChI=1S/C23H24N2O2S/c1-17(25-23(26)18(2)28-22-8-4-3-5-9-22)20-10-12-21(13-11-20)27-16-19-7-6-14-24-15-19/h3-15,17-18H,16H2,1-2H3,(H,25,26). The van der Waals surface area contributed by atoms with Gasteiger partial charge in [-0.25, -0.2) is 0 Å². The molecule has 3 rings (SSSR count). The molecule has 0 aliphatic heterocycles. The van der Waals surface area contributed by atoms with Crippen LogP contribution in [0, 0.1) is 0 Å². The number of pyridine rings is 1. The van der Waals surface area contributed by atoms with Crippen molar-refractivity contribution in [3.63, 3.8) is 0 Å². The van der Waals surface area contributed by atoms with Crippen LogP contribution >= 0.6 is 11.8 Å². The lowest BCUT2D eigenvalue weighted by Crippen LogP contribution is -2.33. The number of aromatic nitrogens is 1. The van der Waals surface area contributed by atoms with E-state index in [1.54, 1.807) is 24.2 Å². The summed E-state index contributed by atoms with van der Waals surface area (Å²) in [6.45, 7) is 4.39. The number of hydrogen-bond acceptors (Lipinski definition) is 4. The van der Waals surface area contributed by atoms with Gasteiger partial charge in [-0.1, -0.05) is 36.4 Å². The number of benzene rings is 2. The number of hydrogen-bond donors (Lipinski definition) is 1. The van der Waals surface area contributed by atoms with Gasteiger partial charge in [0, 0.05) is 22.9 Å². The third-order valence-corrected chi connectivity index (χ3v) is 5.40. The molecule has 2 atom stereocenters. The van der Waals surface area contributed by atoms with Crippen molar-refractivity contribution in [2.75, 3.05) is 0 Å². The SMILES string of the molecule is CC(Sc1ccccc1)C(=O)NC(C)c1ccc(OCc2cccnc2)cc1. The van der Waals surface area contributed by atoms with Gasteiger partial charge in [0.25, 0.3) is 0 Å². The Morgan fingerprint density at radius 1 is 1.04 bits per heavy atom. The maximum atomic E-state index is 12.5. The fraction of sp³-hybridized carbons (Fsp3) is 0.217. The van der Waals surface area contributed by atoms with Crippen LogP contribution in [0.1, 0.15) is 31.0 Å². The molecule has 4 nitrogen and oxygen atoms in total. The van der Waals surface area contributed by atoms with E-state index in [1.165, 1.54) is 0 Å². The van der Waals surface area contributed by atoms with Gasteiger partial charge in [0.2, 0.25) is 5.91 Å². The van der Waals surface area contributed by atoms with Gasteiger partial charge in [-0.05, 0) is 49.7 Å². The predicted octanol–water partition coefficient (Wildman–Crippen LogP) is 5.02. The molecule has 1 N–H and O–H groups in total. The van der Waals surface area contributed by atoms with Crippen molar-refractivity contribution in [3.8, 4) is 5.75 Å². The summed E-state index contributed by atoms with van der Waals surface area (Å²) in [6, 6.07) is 21.6. The van der Waals surface area contributed by atoms with E-state index in [0.29, 0.717) is 6.61 Å². The third kappa shape index (κ3) is 5.86. The quantitative estimate of drug-likeness (QED) is 0.547. The fourth-order valence-electron chi connectivity index (χ4n) is 2.67. The van der Waals surface area contributed by atoms with Crippen LogP contribution in [0.2, 0.25) is 0 Å². The minimum atomic E-state index is -0.160. The van der Waals surface area contributed by atoms with Crippen LogP contribution in [0.5, 0.6) is 5.75 Å². The van der Waals surface area contributed by atoms with Crippen LogP contribution in [0.4, 0.5) is 0 Å². The first-order chi connectivity index (χ1) is 13.6. The molecule has 0 saturated heterocycles. The van der Waals surface area contributed by atoms with Crippen LogP contribution in [-0.4, -0.2) is 16.1 Å². The molecule has 0 spiro atoms. The van der Waals surface area contributed by atoms with Crippen LogP contribution < -0.4 is 10.1 Å². The Morgan fingerprint density at radius 2 is 1.79 bits per heavy atom. The summed E-state index contributed by atoms with van der Waals surface area (Å²) in [6.07, 6.45) is 3.54. The first kappa shape index (κ1) is 20.0. The second-order valence-corrected chi connectivity index (χ2v) is 7.94. The Bertz CT molecular complexity index is 870. The zero-order valence-corrected chi connectivity index (χ0v) is 16.9. The Balaban J connectivity index is 1.51. The number of rotatable bonds is 8.